The van der Waals surface area contributed by atoms with E-state index in [1.165, 1.54) is 36.8 Å². The van der Waals surface area contributed by atoms with Crippen LogP contribution in [0.15, 0.2) is 142 Å². The van der Waals surface area contributed by atoms with Gasteiger partial charge in [-0.2, -0.15) is 20.5 Å². The number of azo groups is 2. The van der Waals surface area contributed by atoms with E-state index in [0.29, 0.717) is 50.4 Å². The van der Waals surface area contributed by atoms with Crippen LogP contribution in [0.25, 0.3) is 0 Å². The summed E-state index contributed by atoms with van der Waals surface area (Å²) >= 11 is 0. The van der Waals surface area contributed by atoms with Crippen LogP contribution in [-0.2, 0) is 22.4 Å². The Morgan fingerprint density at radius 1 is 0.431 bits per heavy atom. The second kappa shape index (κ2) is 24.5. The van der Waals surface area contributed by atoms with Gasteiger partial charge >= 0.3 is 11.9 Å². The van der Waals surface area contributed by atoms with Crippen molar-refractivity contribution in [2.24, 2.45) is 20.5 Å². The van der Waals surface area contributed by atoms with Crippen LogP contribution in [0.5, 0.6) is 23.0 Å². The van der Waals surface area contributed by atoms with E-state index in [2.05, 4.69) is 58.6 Å². The van der Waals surface area contributed by atoms with E-state index in [1.807, 2.05) is 72.8 Å². The molecule has 10 nitrogen and oxygen atoms in total. The van der Waals surface area contributed by atoms with Gasteiger partial charge in [0.05, 0.1) is 36.0 Å². The number of rotatable bonds is 24. The topological polar surface area (TPSA) is 121 Å². The van der Waals surface area contributed by atoms with Gasteiger partial charge in [-0.05, 0) is 147 Å². The van der Waals surface area contributed by atoms with Crippen molar-refractivity contribution >= 4 is 34.7 Å². The molecule has 0 radical (unpaired) electrons. The van der Waals surface area contributed by atoms with Crippen LogP contribution in [0, 0.1) is 0 Å². The highest BCUT2D eigenvalue weighted by Gasteiger charge is 2.10. The van der Waals surface area contributed by atoms with Gasteiger partial charge in [0, 0.05) is 18.9 Å². The summed E-state index contributed by atoms with van der Waals surface area (Å²) in [5, 5.41) is 17.3. The van der Waals surface area contributed by atoms with Crippen LogP contribution in [0.2, 0.25) is 0 Å². The summed E-state index contributed by atoms with van der Waals surface area (Å²) < 4.78 is 22.6. The molecule has 0 N–H and O–H groups in total. The molecule has 5 aromatic carbocycles. The van der Waals surface area contributed by atoms with Crippen molar-refractivity contribution in [2.45, 2.75) is 90.9 Å². The second-order valence-corrected chi connectivity index (χ2v) is 14.0. The van der Waals surface area contributed by atoms with E-state index in [4.69, 9.17) is 18.9 Å². The number of nitrogens with zero attached hydrogens (tertiary/aromatic N) is 4. The number of aryl methyl sites for hydroxylation is 2. The Kier molecular flexibility index (Phi) is 18.1. The Bertz CT molecular complexity index is 1890. The molecule has 5 aromatic rings. The fourth-order valence-corrected chi connectivity index (χ4v) is 5.76. The summed E-state index contributed by atoms with van der Waals surface area (Å²) in [5.41, 5.74) is 5.74. The molecule has 0 atom stereocenters. The number of hydrogen-bond donors (Lipinski definition) is 0. The molecule has 5 rings (SSSR count). The maximum atomic E-state index is 12.5. The summed E-state index contributed by atoms with van der Waals surface area (Å²) in [5.74, 6) is 1.37. The zero-order chi connectivity index (χ0) is 40.6. The summed E-state index contributed by atoms with van der Waals surface area (Å²) in [6, 6.07) is 37.8. The summed E-state index contributed by atoms with van der Waals surface area (Å²) in [7, 11) is 0. The summed E-state index contributed by atoms with van der Waals surface area (Å²) in [4.78, 5) is 24.9. The Labute approximate surface area is 342 Å². The molecule has 0 heterocycles. The Balaban J connectivity index is 0.907. The largest absolute Gasteiger partial charge is 0.494 e. The van der Waals surface area contributed by atoms with Gasteiger partial charge in [-0.25, -0.2) is 0 Å². The fourth-order valence-electron chi connectivity index (χ4n) is 5.76. The monoisotopic (exact) mass is 782 g/mol. The van der Waals surface area contributed by atoms with E-state index < -0.39 is 0 Å². The van der Waals surface area contributed by atoms with Gasteiger partial charge in [-0.3, -0.25) is 9.59 Å². The predicted octanol–water partition coefficient (Wildman–Crippen LogP) is 13.5. The average Bonchev–Trinajstić information content (AvgIpc) is 3.25. The molecule has 0 saturated heterocycles. The number of carbonyl (C=O) groups excluding carboxylic acids is 2. The van der Waals surface area contributed by atoms with E-state index in [0.717, 1.165) is 47.1 Å². The number of esters is 2. The molecule has 0 amide bonds. The second-order valence-electron chi connectivity index (χ2n) is 14.0. The molecule has 0 aliphatic heterocycles. The third-order valence-corrected chi connectivity index (χ3v) is 9.10. The zero-order valence-electron chi connectivity index (χ0n) is 33.7. The molecule has 0 saturated carbocycles. The highest BCUT2D eigenvalue weighted by atomic mass is 16.5. The zero-order valence-corrected chi connectivity index (χ0v) is 33.7. The maximum absolute atomic E-state index is 12.5. The normalized spacial score (nSPS) is 11.2. The van der Waals surface area contributed by atoms with Crippen molar-refractivity contribution in [2.75, 3.05) is 13.2 Å². The van der Waals surface area contributed by atoms with Crippen LogP contribution in [-0.4, -0.2) is 25.2 Å². The minimum atomic E-state index is -0.365. The first-order chi connectivity index (χ1) is 28.4. The molecule has 10 heteroatoms. The lowest BCUT2D eigenvalue weighted by molar-refractivity contribution is -0.135. The molecule has 302 valence electrons. The fraction of sp³-hybridized carbons (Fsp3) is 0.333. The third-order valence-electron chi connectivity index (χ3n) is 9.10. The SMILES string of the molecule is CCCCc1ccc(N=Nc2ccc(OCCCCC(=O)Oc3cccc(OC(=O)CCCCOc4ccc(N=Nc5ccc(CCCC)cc5)cc4)c3)cc2)cc1. The number of benzene rings is 5. The van der Waals surface area contributed by atoms with Crippen molar-refractivity contribution < 1.29 is 28.5 Å². The summed E-state index contributed by atoms with van der Waals surface area (Å²) in [6.07, 6.45) is 9.93. The Hall–Kier alpha value is -6.16. The molecule has 0 aliphatic carbocycles. The standard InChI is InChI=1S/C48H54N4O6/c1-3-5-12-37-18-22-39(23-19-37)49-51-41-26-30-43(31-27-41)55-34-9-7-16-47(53)57-45-14-11-15-46(36-45)58-48(54)17-8-10-35-56-44-32-28-42(29-33-44)52-50-40-24-20-38(21-25-40)13-6-4-2/h11,14-15,18-33,36H,3-10,12-13,16-17,34-35H2,1-2H3. The van der Waals surface area contributed by atoms with E-state index >= 15 is 0 Å². The number of ether oxygens (including phenoxy) is 4. The first kappa shape index (κ1) is 43.0. The predicted molar refractivity (Wildman–Crippen MR) is 228 cm³/mol. The third kappa shape index (κ3) is 16.1. The lowest BCUT2D eigenvalue weighted by Gasteiger charge is -2.09. The molecule has 0 unspecified atom stereocenters. The Morgan fingerprint density at radius 3 is 1.16 bits per heavy atom. The molecule has 0 spiro atoms. The molecular weight excluding hydrogens is 729 g/mol. The summed E-state index contributed by atoms with van der Waals surface area (Å²) in [6.45, 7) is 5.31. The van der Waals surface area contributed by atoms with Crippen LogP contribution >= 0.6 is 0 Å². The van der Waals surface area contributed by atoms with E-state index in [9.17, 15) is 9.59 Å². The van der Waals surface area contributed by atoms with Gasteiger partial charge in [0.1, 0.15) is 23.0 Å². The van der Waals surface area contributed by atoms with Crippen LogP contribution in [0.1, 0.15) is 89.2 Å². The first-order valence-corrected chi connectivity index (χ1v) is 20.4. The number of unbranched alkanes of at least 4 members (excludes halogenated alkanes) is 4. The number of carbonyl (C=O) groups is 2. The first-order valence-electron chi connectivity index (χ1n) is 20.4. The molecular formula is C48H54N4O6. The highest BCUT2D eigenvalue weighted by Crippen LogP contribution is 2.25. The quantitative estimate of drug-likeness (QED) is 0.0266. The van der Waals surface area contributed by atoms with Gasteiger partial charge < -0.3 is 18.9 Å². The van der Waals surface area contributed by atoms with Crippen molar-refractivity contribution in [3.05, 3.63) is 132 Å². The van der Waals surface area contributed by atoms with Crippen LogP contribution in [0.4, 0.5) is 22.7 Å². The molecule has 0 aliphatic rings. The van der Waals surface area contributed by atoms with Gasteiger partial charge in [0.15, 0.2) is 0 Å². The van der Waals surface area contributed by atoms with Crippen molar-refractivity contribution in [1.29, 1.82) is 0 Å². The van der Waals surface area contributed by atoms with Crippen LogP contribution < -0.4 is 18.9 Å². The van der Waals surface area contributed by atoms with Gasteiger partial charge in [0.2, 0.25) is 0 Å². The van der Waals surface area contributed by atoms with Gasteiger partial charge in [0.25, 0.3) is 0 Å². The maximum Gasteiger partial charge on any atom is 0.311 e. The van der Waals surface area contributed by atoms with E-state index in [-0.39, 0.29) is 24.8 Å². The van der Waals surface area contributed by atoms with Crippen LogP contribution in [0.3, 0.4) is 0 Å². The molecule has 0 fully saturated rings. The van der Waals surface area contributed by atoms with Gasteiger partial charge in [-0.15, -0.1) is 0 Å². The highest BCUT2D eigenvalue weighted by molar-refractivity contribution is 5.74. The Morgan fingerprint density at radius 2 is 0.793 bits per heavy atom. The van der Waals surface area contributed by atoms with E-state index in [1.54, 1.807) is 24.3 Å². The minimum absolute atomic E-state index is 0.234. The lowest BCUT2D eigenvalue weighted by atomic mass is 10.1. The van der Waals surface area contributed by atoms with Crippen molar-refractivity contribution in [1.82, 2.24) is 0 Å². The average molecular weight is 783 g/mol. The smallest absolute Gasteiger partial charge is 0.311 e. The molecule has 0 bridgehead atoms. The van der Waals surface area contributed by atoms with Gasteiger partial charge in [-0.1, -0.05) is 57.0 Å². The lowest BCUT2D eigenvalue weighted by Crippen LogP contribution is -2.10. The molecule has 58 heavy (non-hydrogen) atoms. The minimum Gasteiger partial charge on any atom is -0.494 e. The molecule has 0 aromatic heterocycles. The van der Waals surface area contributed by atoms with Crippen molar-refractivity contribution in [3.63, 3.8) is 0 Å². The number of hydrogen-bond acceptors (Lipinski definition) is 10. The van der Waals surface area contributed by atoms with Crippen molar-refractivity contribution in [3.8, 4) is 23.0 Å².